The van der Waals surface area contributed by atoms with Crippen molar-refractivity contribution in [2.75, 3.05) is 13.4 Å². The minimum Gasteiger partial charge on any atom is -0.495 e. The van der Waals surface area contributed by atoms with E-state index < -0.39 is 9.84 Å². The molecule has 1 saturated heterocycles. The molecule has 0 radical (unpaired) electrons. The van der Waals surface area contributed by atoms with Gasteiger partial charge >= 0.3 is 6.03 Å². The highest BCUT2D eigenvalue weighted by Gasteiger charge is 2.44. The summed E-state index contributed by atoms with van der Waals surface area (Å²) in [6.07, 6.45) is 5.16. The molecule has 0 atom stereocenters. The van der Waals surface area contributed by atoms with Gasteiger partial charge in [-0.05, 0) is 30.5 Å². The van der Waals surface area contributed by atoms with Gasteiger partial charge in [0.2, 0.25) is 5.91 Å². The second-order valence-corrected chi connectivity index (χ2v) is 8.82. The lowest BCUT2D eigenvalue weighted by atomic mass is 9.90. The zero-order chi connectivity index (χ0) is 18.2. The number of ether oxygens (including phenoxy) is 1. The maximum Gasteiger partial charge on any atom is 0.324 e. The molecule has 25 heavy (non-hydrogen) atoms. The number of carbonyl (C=O) groups excluding carboxylic acids is 2. The highest BCUT2D eigenvalue weighted by Crippen LogP contribution is 2.36. The fourth-order valence-corrected chi connectivity index (χ4v) is 4.47. The number of benzene rings is 1. The van der Waals surface area contributed by atoms with Crippen LogP contribution in [0.15, 0.2) is 23.1 Å². The Morgan fingerprint density at radius 1 is 1.24 bits per heavy atom. The van der Waals surface area contributed by atoms with E-state index in [1.54, 1.807) is 12.1 Å². The Kier molecular flexibility index (Phi) is 4.49. The molecule has 7 nitrogen and oxygen atoms in total. The van der Waals surface area contributed by atoms with Crippen LogP contribution in [0.4, 0.5) is 4.79 Å². The molecule has 1 spiro atoms. The minimum atomic E-state index is -3.42. The van der Waals surface area contributed by atoms with Gasteiger partial charge in [0.05, 0.1) is 25.6 Å². The molecule has 3 rings (SSSR count). The van der Waals surface area contributed by atoms with Crippen LogP contribution in [0.3, 0.4) is 0 Å². The Hall–Kier alpha value is -2.09. The average Bonchev–Trinajstić information content (AvgIpc) is 2.97. The van der Waals surface area contributed by atoms with E-state index >= 15 is 0 Å². The molecule has 1 saturated carbocycles. The summed E-state index contributed by atoms with van der Waals surface area (Å²) in [6, 6.07) is 4.20. The maximum atomic E-state index is 12.5. The van der Waals surface area contributed by atoms with Gasteiger partial charge in [-0.2, -0.15) is 0 Å². The predicted octanol–water partition coefficient (Wildman–Crippen LogP) is 1.85. The van der Waals surface area contributed by atoms with Crippen molar-refractivity contribution in [3.05, 3.63) is 23.8 Å². The van der Waals surface area contributed by atoms with Crippen molar-refractivity contribution in [3.63, 3.8) is 0 Å². The monoisotopic (exact) mass is 366 g/mol. The van der Waals surface area contributed by atoms with Crippen molar-refractivity contribution in [2.24, 2.45) is 0 Å². The van der Waals surface area contributed by atoms with Crippen LogP contribution >= 0.6 is 0 Å². The first-order chi connectivity index (χ1) is 11.7. The van der Waals surface area contributed by atoms with Crippen LogP contribution in [-0.4, -0.2) is 44.2 Å². The van der Waals surface area contributed by atoms with Gasteiger partial charge in [-0.15, -0.1) is 0 Å². The van der Waals surface area contributed by atoms with E-state index in [1.807, 2.05) is 0 Å². The molecule has 1 N–H and O–H groups in total. The first-order valence-electron chi connectivity index (χ1n) is 8.24. The summed E-state index contributed by atoms with van der Waals surface area (Å²) in [7, 11) is -2.03. The summed E-state index contributed by atoms with van der Waals surface area (Å²) in [5.74, 6) is 0.00827. The lowest BCUT2D eigenvalue weighted by Crippen LogP contribution is -2.60. The molecular formula is C17H22N2O5S. The molecule has 0 bridgehead atoms. The number of nitrogens with one attached hydrogen (secondary N) is 1. The van der Waals surface area contributed by atoms with Gasteiger partial charge in [-0.1, -0.05) is 18.9 Å². The van der Waals surface area contributed by atoms with Crippen LogP contribution in [0.2, 0.25) is 0 Å². The van der Waals surface area contributed by atoms with Crippen molar-refractivity contribution in [2.45, 2.75) is 49.1 Å². The molecule has 1 aliphatic carbocycles. The van der Waals surface area contributed by atoms with Gasteiger partial charge in [-0.25, -0.2) is 13.2 Å². The Bertz CT molecular complexity index is 792. The summed E-state index contributed by atoms with van der Waals surface area (Å²) in [4.78, 5) is 26.2. The number of urea groups is 1. The maximum absolute atomic E-state index is 12.5. The van der Waals surface area contributed by atoms with Crippen molar-refractivity contribution in [3.8, 4) is 5.75 Å². The van der Waals surface area contributed by atoms with Crippen LogP contribution in [0.25, 0.3) is 0 Å². The molecule has 8 heteroatoms. The van der Waals surface area contributed by atoms with E-state index in [0.29, 0.717) is 12.0 Å². The van der Waals surface area contributed by atoms with E-state index in [2.05, 4.69) is 5.32 Å². The highest BCUT2D eigenvalue weighted by molar-refractivity contribution is 7.90. The van der Waals surface area contributed by atoms with Crippen molar-refractivity contribution >= 4 is 21.8 Å². The number of rotatable bonds is 4. The quantitative estimate of drug-likeness (QED) is 0.878. The standard InChI is InChI=1S/C17H22N2O5S/c1-24-13-9-12(5-6-14(13)25(2,22)23)11-19-15(20)10-17(18-16(19)21)7-3-4-8-17/h5-6,9H,3-4,7-8,10-11H2,1-2H3,(H,18,21). The smallest absolute Gasteiger partial charge is 0.324 e. The average molecular weight is 366 g/mol. The number of amides is 3. The van der Waals surface area contributed by atoms with Gasteiger partial charge in [0.1, 0.15) is 10.6 Å². The van der Waals surface area contributed by atoms with Crippen LogP contribution in [0, 0.1) is 0 Å². The fraction of sp³-hybridized carbons (Fsp3) is 0.529. The molecule has 1 aromatic rings. The van der Waals surface area contributed by atoms with Crippen LogP contribution < -0.4 is 10.1 Å². The SMILES string of the molecule is COc1cc(CN2C(=O)CC3(CCCC3)NC2=O)ccc1S(C)(=O)=O. The third-order valence-corrected chi connectivity index (χ3v) is 6.07. The number of sulfone groups is 1. The normalized spacial score (nSPS) is 20.0. The van der Waals surface area contributed by atoms with E-state index in [4.69, 9.17) is 4.74 Å². The Morgan fingerprint density at radius 2 is 1.92 bits per heavy atom. The minimum absolute atomic E-state index is 0.0816. The van der Waals surface area contributed by atoms with Crippen molar-refractivity contribution in [1.82, 2.24) is 10.2 Å². The Labute approximate surface area is 147 Å². The lowest BCUT2D eigenvalue weighted by Gasteiger charge is -2.38. The molecule has 3 amide bonds. The van der Waals surface area contributed by atoms with Crippen LogP contribution in [-0.2, 0) is 21.2 Å². The number of methoxy groups -OCH3 is 1. The van der Waals surface area contributed by atoms with E-state index in [1.165, 1.54) is 18.1 Å². The van der Waals surface area contributed by atoms with Crippen LogP contribution in [0.5, 0.6) is 5.75 Å². The highest BCUT2D eigenvalue weighted by atomic mass is 32.2. The molecule has 1 aliphatic heterocycles. The van der Waals surface area contributed by atoms with Gasteiger partial charge in [0.25, 0.3) is 0 Å². The number of hydrogen-bond donors (Lipinski definition) is 1. The Balaban J connectivity index is 1.80. The summed E-state index contributed by atoms with van der Waals surface area (Å²) in [6.45, 7) is 0.0845. The van der Waals surface area contributed by atoms with Gasteiger partial charge < -0.3 is 10.1 Å². The fourth-order valence-electron chi connectivity index (χ4n) is 3.65. The third-order valence-electron chi connectivity index (χ3n) is 4.94. The number of nitrogens with zero attached hydrogens (tertiary/aromatic N) is 1. The molecule has 136 valence electrons. The largest absolute Gasteiger partial charge is 0.495 e. The Morgan fingerprint density at radius 3 is 2.48 bits per heavy atom. The second kappa shape index (κ2) is 6.33. The van der Waals surface area contributed by atoms with Gasteiger partial charge in [0.15, 0.2) is 9.84 Å². The van der Waals surface area contributed by atoms with E-state index in [0.717, 1.165) is 31.9 Å². The van der Waals surface area contributed by atoms with Crippen molar-refractivity contribution in [1.29, 1.82) is 0 Å². The van der Waals surface area contributed by atoms with Gasteiger partial charge in [-0.3, -0.25) is 9.69 Å². The van der Waals surface area contributed by atoms with E-state index in [-0.39, 0.29) is 34.7 Å². The first-order valence-corrected chi connectivity index (χ1v) is 10.1. The lowest BCUT2D eigenvalue weighted by molar-refractivity contribution is -0.132. The topological polar surface area (TPSA) is 92.8 Å². The van der Waals surface area contributed by atoms with Gasteiger partial charge in [0, 0.05) is 6.26 Å². The molecular weight excluding hydrogens is 344 g/mol. The summed E-state index contributed by atoms with van der Waals surface area (Å²) in [5.41, 5.74) is 0.262. The number of hydrogen-bond acceptors (Lipinski definition) is 5. The second-order valence-electron chi connectivity index (χ2n) is 6.83. The molecule has 0 aromatic heterocycles. The van der Waals surface area contributed by atoms with E-state index in [9.17, 15) is 18.0 Å². The zero-order valence-electron chi connectivity index (χ0n) is 14.4. The number of carbonyl (C=O) groups is 2. The molecule has 1 heterocycles. The third kappa shape index (κ3) is 3.49. The van der Waals surface area contributed by atoms with Crippen molar-refractivity contribution < 1.29 is 22.7 Å². The molecule has 2 aliphatic rings. The summed E-state index contributed by atoms with van der Waals surface area (Å²) < 4.78 is 28.7. The number of imide groups is 1. The predicted molar refractivity (Wildman–Crippen MR) is 91.0 cm³/mol. The summed E-state index contributed by atoms with van der Waals surface area (Å²) in [5, 5.41) is 3.00. The van der Waals surface area contributed by atoms with Crippen LogP contribution in [0.1, 0.15) is 37.7 Å². The zero-order valence-corrected chi connectivity index (χ0v) is 15.2. The molecule has 0 unspecified atom stereocenters. The molecule has 2 fully saturated rings. The molecule has 1 aromatic carbocycles. The first kappa shape index (κ1) is 17.7. The summed E-state index contributed by atoms with van der Waals surface area (Å²) >= 11 is 0.